The molecule has 33 heavy (non-hydrogen) atoms. The number of anilines is 2. The maximum Gasteiger partial charge on any atom is 0.337 e. The van der Waals surface area contributed by atoms with Gasteiger partial charge in [0.1, 0.15) is 6.17 Å². The second-order valence-corrected chi connectivity index (χ2v) is 8.11. The highest BCUT2D eigenvalue weighted by atomic mass is 32.2. The molecule has 0 radical (unpaired) electrons. The highest BCUT2D eigenvalue weighted by molar-refractivity contribution is 8.14. The van der Waals surface area contributed by atoms with Crippen molar-refractivity contribution in [3.05, 3.63) is 59.7 Å². The van der Waals surface area contributed by atoms with E-state index in [1.807, 2.05) is 0 Å². The van der Waals surface area contributed by atoms with Crippen molar-refractivity contribution in [2.45, 2.75) is 6.17 Å². The van der Waals surface area contributed by atoms with Crippen LogP contribution in [0.5, 0.6) is 0 Å². The zero-order valence-corrected chi connectivity index (χ0v) is 18.1. The van der Waals surface area contributed by atoms with E-state index in [1.165, 1.54) is 30.2 Å². The number of carbonyl (C=O) groups is 3. The van der Waals surface area contributed by atoms with Crippen molar-refractivity contribution < 1.29 is 27.9 Å². The van der Waals surface area contributed by atoms with E-state index in [2.05, 4.69) is 25.9 Å². The first-order valence-electron chi connectivity index (χ1n) is 9.83. The SMILES string of the molecule is COC(=O)c1ccc(NC(=O)CSC2=NC3NNCC3C(=O)N2c2ccc(F)c(F)c2)cc1. The topological polar surface area (TPSA) is 112 Å². The van der Waals surface area contributed by atoms with Gasteiger partial charge in [-0.15, -0.1) is 0 Å². The van der Waals surface area contributed by atoms with Gasteiger partial charge in [-0.1, -0.05) is 11.8 Å². The molecular weight excluding hydrogens is 456 g/mol. The summed E-state index contributed by atoms with van der Waals surface area (Å²) in [4.78, 5) is 42.7. The number of aliphatic imine (C=N–C) groups is 1. The Balaban J connectivity index is 1.48. The number of carbonyl (C=O) groups excluding carboxylic acids is 3. The molecule has 2 aromatic rings. The van der Waals surface area contributed by atoms with Crippen molar-refractivity contribution in [3.63, 3.8) is 0 Å². The lowest BCUT2D eigenvalue weighted by Crippen LogP contribution is -2.49. The number of hydrogen-bond donors (Lipinski definition) is 3. The number of rotatable bonds is 5. The Morgan fingerprint density at radius 3 is 2.67 bits per heavy atom. The molecule has 172 valence electrons. The van der Waals surface area contributed by atoms with Crippen LogP contribution in [-0.4, -0.2) is 48.5 Å². The number of fused-ring (bicyclic) bond motifs is 1. The molecule has 0 aliphatic carbocycles. The van der Waals surface area contributed by atoms with Crippen molar-refractivity contribution in [1.29, 1.82) is 0 Å². The third-order valence-electron chi connectivity index (χ3n) is 5.01. The van der Waals surface area contributed by atoms with Crippen molar-refractivity contribution >= 4 is 46.1 Å². The number of amides is 2. The van der Waals surface area contributed by atoms with Crippen molar-refractivity contribution in [2.75, 3.05) is 29.6 Å². The molecule has 0 bridgehead atoms. The average molecular weight is 475 g/mol. The first kappa shape index (κ1) is 22.8. The first-order chi connectivity index (χ1) is 15.9. The van der Waals surface area contributed by atoms with Gasteiger partial charge in [0.2, 0.25) is 11.8 Å². The Hall–Kier alpha value is -3.35. The molecule has 1 fully saturated rings. The number of esters is 1. The van der Waals surface area contributed by atoms with Crippen LogP contribution >= 0.6 is 11.8 Å². The number of hydrogen-bond acceptors (Lipinski definition) is 8. The Labute approximate surface area is 191 Å². The van der Waals surface area contributed by atoms with Crippen LogP contribution in [0.2, 0.25) is 0 Å². The fourth-order valence-corrected chi connectivity index (χ4v) is 4.21. The molecular formula is C21H19F2N5O4S. The summed E-state index contributed by atoms with van der Waals surface area (Å²) in [6.07, 6.45) is -0.532. The molecule has 0 saturated carbocycles. The Morgan fingerprint density at radius 2 is 1.97 bits per heavy atom. The maximum absolute atomic E-state index is 13.8. The Morgan fingerprint density at radius 1 is 1.21 bits per heavy atom. The molecule has 0 aromatic heterocycles. The minimum absolute atomic E-state index is 0.101. The fraction of sp³-hybridized carbons (Fsp3) is 0.238. The number of nitrogens with zero attached hydrogens (tertiary/aromatic N) is 2. The first-order valence-corrected chi connectivity index (χ1v) is 10.8. The summed E-state index contributed by atoms with van der Waals surface area (Å²) >= 11 is 0.987. The van der Waals surface area contributed by atoms with Gasteiger partial charge in [-0.25, -0.2) is 24.0 Å². The second kappa shape index (κ2) is 9.65. The quantitative estimate of drug-likeness (QED) is 0.566. The van der Waals surface area contributed by atoms with Gasteiger partial charge in [-0.2, -0.15) is 0 Å². The van der Waals surface area contributed by atoms with Crippen LogP contribution in [0.25, 0.3) is 0 Å². The summed E-state index contributed by atoms with van der Waals surface area (Å²) in [5.41, 5.74) is 6.68. The van der Waals surface area contributed by atoms with Crippen LogP contribution in [0.4, 0.5) is 20.2 Å². The monoisotopic (exact) mass is 475 g/mol. The van der Waals surface area contributed by atoms with Crippen molar-refractivity contribution in [1.82, 2.24) is 10.9 Å². The highest BCUT2D eigenvalue weighted by Crippen LogP contribution is 2.30. The van der Waals surface area contributed by atoms with Gasteiger partial charge in [0, 0.05) is 18.3 Å². The number of benzene rings is 2. The molecule has 2 amide bonds. The van der Waals surface area contributed by atoms with Crippen LogP contribution in [-0.2, 0) is 14.3 Å². The lowest BCUT2D eigenvalue weighted by atomic mass is 10.0. The summed E-state index contributed by atoms with van der Waals surface area (Å²) in [5.74, 6) is -3.98. The minimum atomic E-state index is -1.09. The Bertz CT molecular complexity index is 1130. The van der Waals surface area contributed by atoms with Crippen molar-refractivity contribution in [2.24, 2.45) is 10.9 Å². The molecule has 12 heteroatoms. The van der Waals surface area contributed by atoms with E-state index in [-0.39, 0.29) is 28.4 Å². The fourth-order valence-electron chi connectivity index (χ4n) is 3.37. The van der Waals surface area contributed by atoms with E-state index in [1.54, 1.807) is 12.1 Å². The van der Waals surface area contributed by atoms with E-state index < -0.39 is 29.7 Å². The van der Waals surface area contributed by atoms with Crippen LogP contribution < -0.4 is 21.1 Å². The predicted octanol–water partition coefficient (Wildman–Crippen LogP) is 1.88. The van der Waals surface area contributed by atoms with E-state index in [0.717, 1.165) is 23.9 Å². The van der Waals surface area contributed by atoms with Crippen LogP contribution in [0, 0.1) is 17.6 Å². The molecule has 0 spiro atoms. The number of amidine groups is 1. The summed E-state index contributed by atoms with van der Waals surface area (Å²) in [5, 5.41) is 2.87. The van der Waals surface area contributed by atoms with Crippen LogP contribution in [0.15, 0.2) is 47.5 Å². The molecule has 4 rings (SSSR count). The molecule has 2 aromatic carbocycles. The molecule has 2 aliphatic heterocycles. The minimum Gasteiger partial charge on any atom is -0.465 e. The number of thioether (sulfide) groups is 1. The number of methoxy groups -OCH3 is 1. The number of nitrogens with one attached hydrogen (secondary N) is 3. The van der Waals surface area contributed by atoms with Gasteiger partial charge in [-0.3, -0.25) is 19.9 Å². The van der Waals surface area contributed by atoms with Crippen molar-refractivity contribution in [3.8, 4) is 0 Å². The molecule has 1 saturated heterocycles. The van der Waals surface area contributed by atoms with Gasteiger partial charge in [0.05, 0.1) is 30.0 Å². The molecule has 2 unspecified atom stereocenters. The predicted molar refractivity (Wildman–Crippen MR) is 119 cm³/mol. The Kier molecular flexibility index (Phi) is 6.67. The molecule has 2 atom stereocenters. The third-order valence-corrected chi connectivity index (χ3v) is 5.97. The lowest BCUT2D eigenvalue weighted by Gasteiger charge is -2.32. The zero-order valence-electron chi connectivity index (χ0n) is 17.3. The highest BCUT2D eigenvalue weighted by Gasteiger charge is 2.42. The van der Waals surface area contributed by atoms with Crippen LogP contribution in [0.1, 0.15) is 10.4 Å². The summed E-state index contributed by atoms with van der Waals surface area (Å²) < 4.78 is 31.9. The lowest BCUT2D eigenvalue weighted by molar-refractivity contribution is -0.121. The maximum atomic E-state index is 13.8. The number of hydrazine groups is 1. The molecule has 2 aliphatic rings. The van der Waals surface area contributed by atoms with E-state index in [9.17, 15) is 23.2 Å². The molecule has 2 heterocycles. The average Bonchev–Trinajstić information content (AvgIpc) is 3.29. The van der Waals surface area contributed by atoms with E-state index >= 15 is 0 Å². The van der Waals surface area contributed by atoms with E-state index in [0.29, 0.717) is 17.8 Å². The van der Waals surface area contributed by atoms with Gasteiger partial charge < -0.3 is 10.1 Å². The number of halogens is 2. The van der Waals surface area contributed by atoms with Crippen LogP contribution in [0.3, 0.4) is 0 Å². The zero-order chi connectivity index (χ0) is 23.5. The normalized spacial score (nSPS) is 19.7. The largest absolute Gasteiger partial charge is 0.465 e. The third kappa shape index (κ3) is 4.87. The second-order valence-electron chi connectivity index (χ2n) is 7.17. The van der Waals surface area contributed by atoms with Gasteiger partial charge in [-0.05, 0) is 36.4 Å². The van der Waals surface area contributed by atoms with E-state index in [4.69, 9.17) is 0 Å². The summed E-state index contributed by atoms with van der Waals surface area (Å²) in [7, 11) is 1.27. The van der Waals surface area contributed by atoms with Gasteiger partial charge in [0.25, 0.3) is 0 Å². The summed E-state index contributed by atoms with van der Waals surface area (Å²) in [6.45, 7) is 0.327. The molecule has 3 N–H and O–H groups in total. The number of ether oxygens (including phenoxy) is 1. The smallest absolute Gasteiger partial charge is 0.337 e. The summed E-state index contributed by atoms with van der Waals surface area (Å²) in [6, 6.07) is 9.28. The standard InChI is InChI=1S/C21H19F2N5O4S/c1-32-20(31)11-2-4-12(5-3-11)25-17(29)10-33-21-26-18-14(9-24-27-18)19(30)28(21)13-6-7-15(22)16(23)8-13/h2-8,14,18,24,27H,9-10H2,1H3,(H,25,29). The molecule has 9 nitrogen and oxygen atoms in total. The van der Waals surface area contributed by atoms with Gasteiger partial charge in [0.15, 0.2) is 16.8 Å². The van der Waals surface area contributed by atoms with Gasteiger partial charge >= 0.3 is 5.97 Å².